The Kier molecular flexibility index (Phi) is 10.3. The molecule has 0 bridgehead atoms. The molecule has 0 saturated heterocycles. The fourth-order valence-corrected chi connectivity index (χ4v) is 4.82. The number of carbonyl (C=O) groups excluding carboxylic acids is 2. The Labute approximate surface area is 210 Å². The third-order valence-electron chi connectivity index (χ3n) is 6.01. The molecule has 0 spiro atoms. The van der Waals surface area contributed by atoms with E-state index in [-0.39, 0.29) is 30.8 Å². The summed E-state index contributed by atoms with van der Waals surface area (Å²) in [5, 5.41) is 2.88. The van der Waals surface area contributed by atoms with Crippen LogP contribution in [0, 0.1) is 13.8 Å². The first-order valence-corrected chi connectivity index (χ1v) is 13.9. The fraction of sp³-hybridized carbons (Fsp3) is 0.481. The van der Waals surface area contributed by atoms with Crippen LogP contribution in [0.3, 0.4) is 0 Å². The van der Waals surface area contributed by atoms with Crippen LogP contribution < -0.4 is 9.62 Å². The van der Waals surface area contributed by atoms with E-state index in [4.69, 9.17) is 0 Å². The van der Waals surface area contributed by atoms with Gasteiger partial charge >= 0.3 is 0 Å². The van der Waals surface area contributed by atoms with Gasteiger partial charge in [-0.15, -0.1) is 0 Å². The summed E-state index contributed by atoms with van der Waals surface area (Å²) in [6.07, 6.45) is 2.29. The molecular formula is C27H39N3O4S. The standard InChI is InChI=1S/C27H39N3O4S/c1-20(2)28-27(32)23(5)29(18-16-24-11-8-7-9-12-24)26(31)13-10-17-30(35(6,33)34)25-15-14-21(3)22(4)19-25/h7-9,11-12,14-15,19-20,23H,10,13,16-18H2,1-6H3,(H,28,32)/t23-/m0/s1. The van der Waals surface area contributed by atoms with Gasteiger partial charge in [0, 0.05) is 25.6 Å². The van der Waals surface area contributed by atoms with Gasteiger partial charge in [-0.25, -0.2) is 8.42 Å². The van der Waals surface area contributed by atoms with Crippen molar-refractivity contribution in [3.63, 3.8) is 0 Å². The molecule has 8 heteroatoms. The lowest BCUT2D eigenvalue weighted by Crippen LogP contribution is -2.50. The molecule has 0 aliphatic rings. The van der Waals surface area contributed by atoms with Crippen molar-refractivity contribution in [3.8, 4) is 0 Å². The second-order valence-electron chi connectivity index (χ2n) is 9.37. The predicted molar refractivity (Wildman–Crippen MR) is 142 cm³/mol. The van der Waals surface area contributed by atoms with Crippen molar-refractivity contribution < 1.29 is 18.0 Å². The Morgan fingerprint density at radius 1 is 0.943 bits per heavy atom. The van der Waals surface area contributed by atoms with Crippen molar-refractivity contribution >= 4 is 27.5 Å². The number of anilines is 1. The fourth-order valence-electron chi connectivity index (χ4n) is 3.86. The van der Waals surface area contributed by atoms with Crippen molar-refractivity contribution in [2.45, 2.75) is 66.0 Å². The summed E-state index contributed by atoms with van der Waals surface area (Å²) >= 11 is 0. The summed E-state index contributed by atoms with van der Waals surface area (Å²) in [5.41, 5.74) is 3.76. The molecule has 35 heavy (non-hydrogen) atoms. The largest absolute Gasteiger partial charge is 0.352 e. The molecule has 0 radical (unpaired) electrons. The zero-order valence-corrected chi connectivity index (χ0v) is 22.6. The highest BCUT2D eigenvalue weighted by atomic mass is 32.2. The molecule has 192 valence electrons. The Morgan fingerprint density at radius 2 is 1.60 bits per heavy atom. The predicted octanol–water partition coefficient (Wildman–Crippen LogP) is 3.83. The summed E-state index contributed by atoms with van der Waals surface area (Å²) in [6.45, 7) is 10.0. The summed E-state index contributed by atoms with van der Waals surface area (Å²) in [4.78, 5) is 27.5. The maximum Gasteiger partial charge on any atom is 0.242 e. The molecule has 0 aliphatic carbocycles. The summed E-state index contributed by atoms with van der Waals surface area (Å²) in [7, 11) is -3.51. The number of carbonyl (C=O) groups is 2. The highest BCUT2D eigenvalue weighted by Gasteiger charge is 2.26. The minimum Gasteiger partial charge on any atom is -0.352 e. The zero-order chi connectivity index (χ0) is 26.2. The maximum absolute atomic E-state index is 13.2. The second kappa shape index (κ2) is 12.7. The molecule has 2 rings (SSSR count). The molecule has 2 aromatic carbocycles. The number of amides is 2. The number of aryl methyl sites for hydroxylation is 2. The van der Waals surface area contributed by atoms with Crippen LogP contribution in [0.2, 0.25) is 0 Å². The van der Waals surface area contributed by atoms with Gasteiger partial charge in [0.2, 0.25) is 21.8 Å². The van der Waals surface area contributed by atoms with E-state index in [1.54, 1.807) is 17.9 Å². The van der Waals surface area contributed by atoms with E-state index in [1.165, 1.54) is 10.6 Å². The van der Waals surface area contributed by atoms with Crippen molar-refractivity contribution in [1.29, 1.82) is 0 Å². The van der Waals surface area contributed by atoms with Crippen LogP contribution >= 0.6 is 0 Å². The average Bonchev–Trinajstić information content (AvgIpc) is 2.78. The molecule has 0 heterocycles. The molecule has 0 saturated carbocycles. The Hall–Kier alpha value is -2.87. The van der Waals surface area contributed by atoms with Crippen molar-refractivity contribution in [1.82, 2.24) is 10.2 Å². The molecule has 1 N–H and O–H groups in total. The second-order valence-corrected chi connectivity index (χ2v) is 11.3. The smallest absolute Gasteiger partial charge is 0.242 e. The summed E-state index contributed by atoms with van der Waals surface area (Å²) in [6, 6.07) is 14.7. The summed E-state index contributed by atoms with van der Waals surface area (Å²) in [5.74, 6) is -0.366. The Morgan fingerprint density at radius 3 is 2.17 bits per heavy atom. The minimum atomic E-state index is -3.51. The van der Waals surface area contributed by atoms with E-state index in [0.717, 1.165) is 16.7 Å². The topological polar surface area (TPSA) is 86.8 Å². The molecule has 2 aromatic rings. The van der Waals surface area contributed by atoms with Gasteiger partial charge in [-0.2, -0.15) is 0 Å². The zero-order valence-electron chi connectivity index (χ0n) is 21.7. The maximum atomic E-state index is 13.2. The van der Waals surface area contributed by atoms with Gasteiger partial charge in [0.15, 0.2) is 0 Å². The van der Waals surface area contributed by atoms with Gasteiger partial charge in [0.05, 0.1) is 11.9 Å². The van der Waals surface area contributed by atoms with Crippen LogP contribution in [-0.4, -0.2) is 56.6 Å². The van der Waals surface area contributed by atoms with Crippen molar-refractivity contribution in [2.75, 3.05) is 23.7 Å². The van der Waals surface area contributed by atoms with Crippen LogP contribution in [0.15, 0.2) is 48.5 Å². The number of hydrogen-bond acceptors (Lipinski definition) is 4. The average molecular weight is 502 g/mol. The van der Waals surface area contributed by atoms with Crippen molar-refractivity contribution in [2.24, 2.45) is 0 Å². The van der Waals surface area contributed by atoms with E-state index in [1.807, 2.05) is 70.2 Å². The van der Waals surface area contributed by atoms with Gasteiger partial charge < -0.3 is 10.2 Å². The third-order valence-corrected chi connectivity index (χ3v) is 7.21. The molecule has 0 aliphatic heterocycles. The Balaban J connectivity index is 2.12. The van der Waals surface area contributed by atoms with Crippen LogP contribution in [0.4, 0.5) is 5.69 Å². The number of sulfonamides is 1. The third kappa shape index (κ3) is 8.69. The monoisotopic (exact) mass is 501 g/mol. The molecule has 0 fully saturated rings. The minimum absolute atomic E-state index is 0.0303. The molecular weight excluding hydrogens is 462 g/mol. The van der Waals surface area contributed by atoms with Crippen LogP contribution in [0.25, 0.3) is 0 Å². The van der Waals surface area contributed by atoms with Gasteiger partial charge in [-0.1, -0.05) is 36.4 Å². The van der Waals surface area contributed by atoms with E-state index in [2.05, 4.69) is 5.32 Å². The quantitative estimate of drug-likeness (QED) is 0.479. The van der Waals surface area contributed by atoms with Gasteiger partial charge in [-0.3, -0.25) is 13.9 Å². The van der Waals surface area contributed by atoms with E-state index < -0.39 is 16.1 Å². The number of benzene rings is 2. The van der Waals surface area contributed by atoms with Crippen LogP contribution in [-0.2, 0) is 26.0 Å². The lowest BCUT2D eigenvalue weighted by atomic mass is 10.1. The number of nitrogens with zero attached hydrogens (tertiary/aromatic N) is 2. The van der Waals surface area contributed by atoms with Crippen LogP contribution in [0.1, 0.15) is 50.3 Å². The Bertz CT molecular complexity index is 1100. The van der Waals surface area contributed by atoms with E-state index in [0.29, 0.717) is 25.1 Å². The van der Waals surface area contributed by atoms with Gasteiger partial charge in [-0.05, 0) is 76.3 Å². The highest BCUT2D eigenvalue weighted by molar-refractivity contribution is 7.92. The normalized spacial score (nSPS) is 12.3. The number of nitrogens with one attached hydrogen (secondary N) is 1. The molecule has 0 aromatic heterocycles. The van der Waals surface area contributed by atoms with Gasteiger partial charge in [0.25, 0.3) is 0 Å². The molecule has 7 nitrogen and oxygen atoms in total. The van der Waals surface area contributed by atoms with E-state index >= 15 is 0 Å². The number of rotatable bonds is 12. The lowest BCUT2D eigenvalue weighted by Gasteiger charge is -2.30. The molecule has 2 amide bonds. The SMILES string of the molecule is Cc1ccc(N(CCCC(=O)N(CCc2ccccc2)[C@@H](C)C(=O)NC(C)C)S(C)(=O)=O)cc1C. The van der Waals surface area contributed by atoms with Crippen LogP contribution in [0.5, 0.6) is 0 Å². The lowest BCUT2D eigenvalue weighted by molar-refractivity contribution is -0.140. The number of hydrogen-bond donors (Lipinski definition) is 1. The first-order chi connectivity index (χ1) is 16.4. The van der Waals surface area contributed by atoms with Crippen molar-refractivity contribution in [3.05, 3.63) is 65.2 Å². The molecule has 0 unspecified atom stereocenters. The van der Waals surface area contributed by atoms with Gasteiger partial charge in [0.1, 0.15) is 6.04 Å². The molecule has 1 atom stereocenters. The first-order valence-electron chi connectivity index (χ1n) is 12.1. The highest BCUT2D eigenvalue weighted by Crippen LogP contribution is 2.22. The first kappa shape index (κ1) is 28.4. The summed E-state index contributed by atoms with van der Waals surface area (Å²) < 4.78 is 26.3. The van der Waals surface area contributed by atoms with E-state index in [9.17, 15) is 18.0 Å².